The lowest BCUT2D eigenvalue weighted by Gasteiger charge is -2.04. The number of hydrogen-bond acceptors (Lipinski definition) is 4. The van der Waals surface area contributed by atoms with Gasteiger partial charge in [-0.05, 0) is 23.4 Å². The monoisotopic (exact) mass is 207 g/mol. The molecule has 1 heterocycles. The van der Waals surface area contributed by atoms with Gasteiger partial charge in [-0.15, -0.1) is 10.2 Å². The average Bonchev–Trinajstić information content (AvgIpc) is 2.65. The van der Waals surface area contributed by atoms with E-state index in [1.54, 1.807) is 20.2 Å². The van der Waals surface area contributed by atoms with Crippen molar-refractivity contribution in [2.24, 2.45) is 7.05 Å². The van der Waals surface area contributed by atoms with Gasteiger partial charge in [-0.3, -0.25) is 0 Å². The summed E-state index contributed by atoms with van der Waals surface area (Å²) < 4.78 is 13.1. The Bertz CT molecular complexity index is 479. The molecule has 6 heteroatoms. The minimum atomic E-state index is -0.323. The highest BCUT2D eigenvalue weighted by molar-refractivity contribution is 5.72. The SMILES string of the molecule is CNc1ccc(F)cc1-c1nnn(C)n1. The molecule has 0 saturated heterocycles. The van der Waals surface area contributed by atoms with E-state index in [2.05, 4.69) is 20.7 Å². The highest BCUT2D eigenvalue weighted by Gasteiger charge is 2.10. The molecule has 0 bridgehead atoms. The normalized spacial score (nSPS) is 10.3. The first-order valence-electron chi connectivity index (χ1n) is 4.42. The molecule has 0 amide bonds. The molecule has 1 N–H and O–H groups in total. The van der Waals surface area contributed by atoms with E-state index in [9.17, 15) is 4.39 Å². The molecule has 78 valence electrons. The summed E-state index contributed by atoms with van der Waals surface area (Å²) in [6.45, 7) is 0. The highest BCUT2D eigenvalue weighted by atomic mass is 19.1. The molecular formula is C9H10FN5. The van der Waals surface area contributed by atoms with Gasteiger partial charge in [-0.1, -0.05) is 0 Å². The van der Waals surface area contributed by atoms with Gasteiger partial charge >= 0.3 is 0 Å². The predicted molar refractivity (Wildman–Crippen MR) is 53.7 cm³/mol. The number of anilines is 1. The Kier molecular flexibility index (Phi) is 2.32. The molecule has 0 saturated carbocycles. The standard InChI is InChI=1S/C9H10FN5/c1-11-8-4-3-6(10)5-7(8)9-12-14-15(2)13-9/h3-5,11H,1-2H3. The summed E-state index contributed by atoms with van der Waals surface area (Å²) in [7, 11) is 3.42. The van der Waals surface area contributed by atoms with Crippen LogP contribution in [0.4, 0.5) is 10.1 Å². The molecule has 1 aromatic heterocycles. The second-order valence-corrected chi connectivity index (χ2v) is 3.04. The van der Waals surface area contributed by atoms with Crippen LogP contribution in [0, 0.1) is 5.82 Å². The van der Waals surface area contributed by atoms with E-state index in [0.29, 0.717) is 11.4 Å². The van der Waals surface area contributed by atoms with Crippen LogP contribution in [0.5, 0.6) is 0 Å². The van der Waals surface area contributed by atoms with E-state index in [0.717, 1.165) is 5.69 Å². The average molecular weight is 207 g/mol. The fourth-order valence-electron chi connectivity index (χ4n) is 1.31. The first-order valence-corrected chi connectivity index (χ1v) is 4.42. The minimum Gasteiger partial charge on any atom is -0.388 e. The third-order valence-corrected chi connectivity index (χ3v) is 2.00. The van der Waals surface area contributed by atoms with E-state index in [1.165, 1.54) is 16.9 Å². The number of tetrazole rings is 1. The van der Waals surface area contributed by atoms with Gasteiger partial charge in [-0.25, -0.2) is 4.39 Å². The fraction of sp³-hybridized carbons (Fsp3) is 0.222. The van der Waals surface area contributed by atoms with Crippen LogP contribution in [0.15, 0.2) is 18.2 Å². The molecule has 0 radical (unpaired) electrons. The number of aryl methyl sites for hydroxylation is 1. The molecule has 0 aliphatic rings. The maximum Gasteiger partial charge on any atom is 0.207 e. The minimum absolute atomic E-state index is 0.323. The molecule has 0 unspecified atom stereocenters. The Morgan fingerprint density at radius 2 is 2.20 bits per heavy atom. The van der Waals surface area contributed by atoms with Crippen LogP contribution in [-0.2, 0) is 7.05 Å². The van der Waals surface area contributed by atoms with Crippen LogP contribution >= 0.6 is 0 Å². The lowest BCUT2D eigenvalue weighted by atomic mass is 10.1. The van der Waals surface area contributed by atoms with Crippen LogP contribution < -0.4 is 5.32 Å². The second kappa shape index (κ2) is 3.64. The lowest BCUT2D eigenvalue weighted by molar-refractivity contribution is 0.627. The zero-order valence-corrected chi connectivity index (χ0v) is 8.40. The zero-order chi connectivity index (χ0) is 10.8. The Balaban J connectivity index is 2.55. The Labute approximate surface area is 85.9 Å². The molecule has 0 fully saturated rings. The van der Waals surface area contributed by atoms with Gasteiger partial charge in [0, 0.05) is 18.3 Å². The third-order valence-electron chi connectivity index (χ3n) is 2.00. The molecule has 15 heavy (non-hydrogen) atoms. The van der Waals surface area contributed by atoms with Crippen LogP contribution in [0.3, 0.4) is 0 Å². The van der Waals surface area contributed by atoms with E-state index in [-0.39, 0.29) is 5.82 Å². The smallest absolute Gasteiger partial charge is 0.207 e. The van der Waals surface area contributed by atoms with E-state index < -0.39 is 0 Å². The largest absolute Gasteiger partial charge is 0.388 e. The predicted octanol–water partition coefficient (Wildman–Crippen LogP) is 1.06. The number of halogens is 1. The van der Waals surface area contributed by atoms with Crippen molar-refractivity contribution in [2.45, 2.75) is 0 Å². The number of hydrogen-bond donors (Lipinski definition) is 1. The van der Waals surface area contributed by atoms with Crippen molar-refractivity contribution in [3.63, 3.8) is 0 Å². The number of benzene rings is 1. The number of nitrogens with one attached hydrogen (secondary N) is 1. The Hall–Kier alpha value is -1.98. The fourth-order valence-corrected chi connectivity index (χ4v) is 1.31. The summed E-state index contributed by atoms with van der Waals surface area (Å²) in [4.78, 5) is 1.33. The van der Waals surface area contributed by atoms with Gasteiger partial charge in [-0.2, -0.15) is 4.80 Å². The molecule has 1 aromatic carbocycles. The van der Waals surface area contributed by atoms with Crippen molar-refractivity contribution in [3.05, 3.63) is 24.0 Å². The van der Waals surface area contributed by atoms with Crippen LogP contribution in [0.1, 0.15) is 0 Å². The van der Waals surface area contributed by atoms with Crippen molar-refractivity contribution >= 4 is 5.69 Å². The molecule has 2 rings (SSSR count). The molecule has 5 nitrogen and oxygen atoms in total. The topological polar surface area (TPSA) is 55.6 Å². The van der Waals surface area contributed by atoms with Gasteiger partial charge in [0.05, 0.1) is 7.05 Å². The number of aromatic nitrogens is 4. The quantitative estimate of drug-likeness (QED) is 0.800. The lowest BCUT2D eigenvalue weighted by Crippen LogP contribution is -1.95. The van der Waals surface area contributed by atoms with Crippen molar-refractivity contribution in [1.29, 1.82) is 0 Å². The first-order chi connectivity index (χ1) is 7.20. The second-order valence-electron chi connectivity index (χ2n) is 3.04. The maximum absolute atomic E-state index is 13.1. The van der Waals surface area contributed by atoms with Gasteiger partial charge in [0.15, 0.2) is 0 Å². The van der Waals surface area contributed by atoms with E-state index >= 15 is 0 Å². The molecule has 0 aliphatic carbocycles. The van der Waals surface area contributed by atoms with Gasteiger partial charge in [0.2, 0.25) is 5.82 Å². The van der Waals surface area contributed by atoms with Crippen LogP contribution in [0.25, 0.3) is 11.4 Å². The Morgan fingerprint density at radius 3 is 2.80 bits per heavy atom. The van der Waals surface area contributed by atoms with Gasteiger partial charge in [0.1, 0.15) is 5.82 Å². The molecule has 2 aromatic rings. The molecule has 0 atom stereocenters. The highest BCUT2D eigenvalue weighted by Crippen LogP contribution is 2.24. The first kappa shape index (κ1) is 9.57. The Morgan fingerprint density at radius 1 is 1.40 bits per heavy atom. The van der Waals surface area contributed by atoms with Gasteiger partial charge < -0.3 is 5.32 Å². The summed E-state index contributed by atoms with van der Waals surface area (Å²) in [5.74, 6) is 0.0813. The summed E-state index contributed by atoms with van der Waals surface area (Å²) in [5.41, 5.74) is 1.37. The number of rotatable bonds is 2. The van der Waals surface area contributed by atoms with Crippen molar-refractivity contribution < 1.29 is 4.39 Å². The zero-order valence-electron chi connectivity index (χ0n) is 8.40. The van der Waals surface area contributed by atoms with E-state index in [1.807, 2.05) is 0 Å². The molecular weight excluding hydrogens is 197 g/mol. The summed E-state index contributed by atoms with van der Waals surface area (Å²) in [6.07, 6.45) is 0. The van der Waals surface area contributed by atoms with Gasteiger partial charge in [0.25, 0.3) is 0 Å². The van der Waals surface area contributed by atoms with E-state index in [4.69, 9.17) is 0 Å². The maximum atomic E-state index is 13.1. The van der Waals surface area contributed by atoms with Crippen LogP contribution in [-0.4, -0.2) is 27.3 Å². The summed E-state index contributed by atoms with van der Waals surface area (Å²) in [6, 6.07) is 4.40. The summed E-state index contributed by atoms with van der Waals surface area (Å²) in [5, 5.41) is 14.5. The molecule has 0 spiro atoms. The van der Waals surface area contributed by atoms with Crippen molar-refractivity contribution in [3.8, 4) is 11.4 Å². The summed E-state index contributed by atoms with van der Waals surface area (Å²) >= 11 is 0. The van der Waals surface area contributed by atoms with Crippen molar-refractivity contribution in [2.75, 3.05) is 12.4 Å². The third kappa shape index (κ3) is 1.78. The van der Waals surface area contributed by atoms with Crippen LogP contribution in [0.2, 0.25) is 0 Å². The number of nitrogens with zero attached hydrogens (tertiary/aromatic N) is 4. The molecule has 0 aliphatic heterocycles. The van der Waals surface area contributed by atoms with Crippen molar-refractivity contribution in [1.82, 2.24) is 20.2 Å².